The highest BCUT2D eigenvalue weighted by molar-refractivity contribution is 7.14. The molecule has 7 heteroatoms. The molecule has 0 aliphatic rings. The second-order valence-corrected chi connectivity index (χ2v) is 7.17. The molecule has 4 aromatic rings. The lowest BCUT2D eigenvalue weighted by atomic mass is 10.2. The zero-order chi connectivity index (χ0) is 19.5. The Morgan fingerprint density at radius 2 is 1.86 bits per heavy atom. The molecule has 0 N–H and O–H groups in total. The molecule has 0 aliphatic carbocycles. The standard InChI is InChI=1S/C21H18N4O2S/c1-15-14-28-21(23-15)25(16-7-3-2-4-8-16)20(27)11-12-24-18-10-6-5-9-17(18)19(26)13-22-24/h2-10,13-14H,11-12H2,1H3. The summed E-state index contributed by atoms with van der Waals surface area (Å²) >= 11 is 1.44. The topological polar surface area (TPSA) is 68.1 Å². The van der Waals surface area contributed by atoms with E-state index in [9.17, 15) is 9.59 Å². The molecule has 0 saturated heterocycles. The predicted molar refractivity (Wildman–Crippen MR) is 111 cm³/mol. The Morgan fingerprint density at radius 3 is 2.61 bits per heavy atom. The number of carbonyl (C=O) groups excluding carboxylic acids is 1. The van der Waals surface area contributed by atoms with Crippen molar-refractivity contribution >= 4 is 39.0 Å². The van der Waals surface area contributed by atoms with Gasteiger partial charge < -0.3 is 0 Å². The summed E-state index contributed by atoms with van der Waals surface area (Å²) in [4.78, 5) is 31.2. The summed E-state index contributed by atoms with van der Waals surface area (Å²) in [7, 11) is 0. The van der Waals surface area contributed by atoms with Crippen LogP contribution in [0.4, 0.5) is 10.8 Å². The largest absolute Gasteiger partial charge is 0.287 e. The number of thiazole rings is 1. The van der Waals surface area contributed by atoms with Gasteiger partial charge in [0.05, 0.1) is 29.6 Å². The minimum atomic E-state index is -0.123. The van der Waals surface area contributed by atoms with Crippen molar-refractivity contribution in [1.82, 2.24) is 14.8 Å². The van der Waals surface area contributed by atoms with E-state index >= 15 is 0 Å². The molecular formula is C21H18N4O2S. The van der Waals surface area contributed by atoms with Gasteiger partial charge in [0.1, 0.15) is 0 Å². The van der Waals surface area contributed by atoms with Crippen LogP contribution < -0.4 is 10.3 Å². The average Bonchev–Trinajstić information content (AvgIpc) is 3.14. The van der Waals surface area contributed by atoms with Crippen molar-refractivity contribution in [2.75, 3.05) is 4.90 Å². The Balaban J connectivity index is 1.63. The minimum absolute atomic E-state index is 0.0786. The van der Waals surface area contributed by atoms with Gasteiger partial charge in [-0.25, -0.2) is 4.98 Å². The van der Waals surface area contributed by atoms with E-state index in [1.165, 1.54) is 17.5 Å². The number of benzene rings is 2. The molecule has 0 unspecified atom stereocenters. The number of nitrogens with zero attached hydrogens (tertiary/aromatic N) is 4. The van der Waals surface area contributed by atoms with Crippen LogP contribution >= 0.6 is 11.3 Å². The molecule has 1 amide bonds. The highest BCUT2D eigenvalue weighted by atomic mass is 32.1. The number of hydrogen-bond donors (Lipinski definition) is 0. The zero-order valence-corrected chi connectivity index (χ0v) is 16.1. The van der Waals surface area contributed by atoms with Crippen LogP contribution in [0.15, 0.2) is 71.0 Å². The quantitative estimate of drug-likeness (QED) is 0.518. The van der Waals surface area contributed by atoms with Gasteiger partial charge in [0.25, 0.3) is 0 Å². The lowest BCUT2D eigenvalue weighted by molar-refractivity contribution is -0.118. The Labute approximate surface area is 165 Å². The number of aryl methyl sites for hydroxylation is 2. The van der Waals surface area contributed by atoms with Gasteiger partial charge in [-0.1, -0.05) is 30.3 Å². The van der Waals surface area contributed by atoms with Crippen molar-refractivity contribution in [2.24, 2.45) is 0 Å². The fourth-order valence-electron chi connectivity index (χ4n) is 3.03. The number of fused-ring (bicyclic) bond motifs is 1. The first-order valence-corrected chi connectivity index (χ1v) is 9.76. The normalized spacial score (nSPS) is 10.9. The molecule has 0 fully saturated rings. The molecule has 0 spiro atoms. The van der Waals surface area contributed by atoms with Crippen LogP contribution in [0.2, 0.25) is 0 Å². The van der Waals surface area contributed by atoms with Crippen molar-refractivity contribution in [2.45, 2.75) is 19.9 Å². The van der Waals surface area contributed by atoms with E-state index in [-0.39, 0.29) is 17.8 Å². The van der Waals surface area contributed by atoms with E-state index in [1.54, 1.807) is 15.6 Å². The smallest absolute Gasteiger partial charge is 0.235 e. The fourth-order valence-corrected chi connectivity index (χ4v) is 3.87. The Morgan fingerprint density at radius 1 is 1.11 bits per heavy atom. The molecule has 6 nitrogen and oxygen atoms in total. The molecule has 0 bridgehead atoms. The molecule has 0 saturated carbocycles. The summed E-state index contributed by atoms with van der Waals surface area (Å²) in [5.41, 5.74) is 2.25. The van der Waals surface area contributed by atoms with E-state index < -0.39 is 0 Å². The van der Waals surface area contributed by atoms with E-state index in [2.05, 4.69) is 10.1 Å². The van der Waals surface area contributed by atoms with Gasteiger partial charge in [0.15, 0.2) is 5.13 Å². The molecule has 2 aromatic heterocycles. The average molecular weight is 390 g/mol. The molecule has 0 radical (unpaired) electrons. The van der Waals surface area contributed by atoms with Gasteiger partial charge in [-0.2, -0.15) is 5.10 Å². The number of rotatable bonds is 5. The van der Waals surface area contributed by atoms with Crippen LogP contribution in [0.25, 0.3) is 10.9 Å². The third kappa shape index (κ3) is 3.57. The van der Waals surface area contributed by atoms with Gasteiger partial charge in [0.2, 0.25) is 11.3 Å². The van der Waals surface area contributed by atoms with Crippen LogP contribution in [0, 0.1) is 6.92 Å². The Kier molecular flexibility index (Phi) is 4.99. The third-order valence-corrected chi connectivity index (χ3v) is 5.31. The molecule has 2 heterocycles. The van der Waals surface area contributed by atoms with Gasteiger partial charge in [-0.3, -0.25) is 19.2 Å². The second-order valence-electron chi connectivity index (χ2n) is 6.34. The first-order chi connectivity index (χ1) is 13.6. The summed E-state index contributed by atoms with van der Waals surface area (Å²) in [6.07, 6.45) is 1.53. The third-order valence-electron chi connectivity index (χ3n) is 4.36. The lowest BCUT2D eigenvalue weighted by Gasteiger charge is -2.20. The maximum Gasteiger partial charge on any atom is 0.235 e. The first kappa shape index (κ1) is 18.1. The fraction of sp³-hybridized carbons (Fsp3) is 0.143. The van der Waals surface area contributed by atoms with Crippen LogP contribution in [-0.4, -0.2) is 20.7 Å². The number of para-hydroxylation sites is 2. The van der Waals surface area contributed by atoms with E-state index in [4.69, 9.17) is 0 Å². The van der Waals surface area contributed by atoms with Crippen molar-refractivity contribution in [3.05, 3.63) is 82.1 Å². The summed E-state index contributed by atoms with van der Waals surface area (Å²) < 4.78 is 1.70. The van der Waals surface area contributed by atoms with Gasteiger partial charge in [-0.05, 0) is 31.2 Å². The molecule has 140 valence electrons. The highest BCUT2D eigenvalue weighted by Crippen LogP contribution is 2.29. The van der Waals surface area contributed by atoms with Crippen LogP contribution in [0.5, 0.6) is 0 Å². The number of anilines is 2. The SMILES string of the molecule is Cc1csc(N(C(=O)CCn2ncc(=O)c3ccccc32)c2ccccc2)n1. The second kappa shape index (κ2) is 7.74. The zero-order valence-electron chi connectivity index (χ0n) is 15.3. The molecule has 4 rings (SSSR count). The van der Waals surface area contributed by atoms with Crippen LogP contribution in [0.3, 0.4) is 0 Å². The monoisotopic (exact) mass is 390 g/mol. The van der Waals surface area contributed by atoms with Crippen LogP contribution in [-0.2, 0) is 11.3 Å². The predicted octanol–water partition coefficient (Wildman–Crippen LogP) is 3.92. The lowest BCUT2D eigenvalue weighted by Crippen LogP contribution is -2.27. The van der Waals surface area contributed by atoms with Gasteiger partial charge in [0, 0.05) is 17.2 Å². The van der Waals surface area contributed by atoms with Crippen molar-refractivity contribution < 1.29 is 4.79 Å². The number of hydrogen-bond acceptors (Lipinski definition) is 5. The van der Waals surface area contributed by atoms with E-state index in [1.807, 2.05) is 60.8 Å². The molecule has 28 heavy (non-hydrogen) atoms. The van der Waals surface area contributed by atoms with Gasteiger partial charge in [-0.15, -0.1) is 11.3 Å². The highest BCUT2D eigenvalue weighted by Gasteiger charge is 2.21. The molecular weight excluding hydrogens is 372 g/mol. The number of carbonyl (C=O) groups is 1. The summed E-state index contributed by atoms with van der Waals surface area (Å²) in [6.45, 7) is 2.28. The minimum Gasteiger partial charge on any atom is -0.287 e. The van der Waals surface area contributed by atoms with E-state index in [0.29, 0.717) is 17.1 Å². The van der Waals surface area contributed by atoms with Crippen LogP contribution in [0.1, 0.15) is 12.1 Å². The van der Waals surface area contributed by atoms with E-state index in [0.717, 1.165) is 16.9 Å². The molecule has 2 aromatic carbocycles. The molecule has 0 aliphatic heterocycles. The van der Waals surface area contributed by atoms with Crippen molar-refractivity contribution in [3.8, 4) is 0 Å². The summed E-state index contributed by atoms with van der Waals surface area (Å²) in [6, 6.07) is 16.8. The van der Waals surface area contributed by atoms with Gasteiger partial charge >= 0.3 is 0 Å². The number of amides is 1. The maximum absolute atomic E-state index is 13.1. The Hall–Kier alpha value is -3.32. The van der Waals surface area contributed by atoms with Crippen molar-refractivity contribution in [3.63, 3.8) is 0 Å². The molecule has 0 atom stereocenters. The van der Waals surface area contributed by atoms with Crippen molar-refractivity contribution in [1.29, 1.82) is 0 Å². The number of aromatic nitrogens is 3. The maximum atomic E-state index is 13.1. The summed E-state index contributed by atoms with van der Waals surface area (Å²) in [5.74, 6) is -0.0786. The Bertz CT molecular complexity index is 1180. The first-order valence-electron chi connectivity index (χ1n) is 8.88. The summed E-state index contributed by atoms with van der Waals surface area (Å²) in [5, 5.41) is 7.38.